The van der Waals surface area contributed by atoms with Crippen molar-refractivity contribution in [3.63, 3.8) is 0 Å². The Balaban J connectivity index is 1.82. The molecule has 13 heteroatoms. The van der Waals surface area contributed by atoms with Crippen molar-refractivity contribution >= 4 is 34.2 Å². The van der Waals surface area contributed by atoms with Gasteiger partial charge in [0.25, 0.3) is 5.69 Å². The van der Waals surface area contributed by atoms with Crippen LogP contribution in [0.4, 0.5) is 18.9 Å². The van der Waals surface area contributed by atoms with Crippen molar-refractivity contribution in [2.75, 3.05) is 14.2 Å². The number of fused-ring (bicyclic) bond motifs is 1. The Hall–Kier alpha value is -4.58. The fraction of sp³-hybridized carbons (Fsp3) is 0.120. The molecule has 38 heavy (non-hydrogen) atoms. The summed E-state index contributed by atoms with van der Waals surface area (Å²) in [5.41, 5.74) is -3.15. The van der Waals surface area contributed by atoms with Crippen molar-refractivity contribution in [3.05, 3.63) is 91.3 Å². The van der Waals surface area contributed by atoms with Crippen molar-refractivity contribution in [2.24, 2.45) is 0 Å². The van der Waals surface area contributed by atoms with Crippen molar-refractivity contribution < 1.29 is 41.5 Å². The lowest BCUT2D eigenvalue weighted by atomic mass is 10.0. The Bertz CT molecular complexity index is 1650. The summed E-state index contributed by atoms with van der Waals surface area (Å²) in [5.74, 6) is -2.64. The van der Waals surface area contributed by atoms with E-state index in [1.165, 1.54) is 32.4 Å². The summed E-state index contributed by atoms with van der Waals surface area (Å²) < 4.78 is 62.5. The predicted octanol–water partition coefficient (Wildman–Crippen LogP) is 6.28. The molecule has 0 aliphatic rings. The first-order valence-electron chi connectivity index (χ1n) is 10.5. The molecule has 0 spiro atoms. The second kappa shape index (κ2) is 10.1. The van der Waals surface area contributed by atoms with E-state index in [0.717, 1.165) is 36.4 Å². The number of carbonyl (C=O) groups excluding carboxylic acids is 1. The summed E-state index contributed by atoms with van der Waals surface area (Å²) in [7, 11) is 2.64. The molecule has 0 N–H and O–H groups in total. The fourth-order valence-corrected chi connectivity index (χ4v) is 3.83. The first-order valence-corrected chi connectivity index (χ1v) is 10.9. The molecule has 0 radical (unpaired) electrons. The van der Waals surface area contributed by atoms with Gasteiger partial charge in [0.05, 0.1) is 40.7 Å². The molecular weight excluding hydrogens is 535 g/mol. The van der Waals surface area contributed by atoms with E-state index in [4.69, 9.17) is 30.2 Å². The van der Waals surface area contributed by atoms with Crippen molar-refractivity contribution in [1.29, 1.82) is 0 Å². The Labute approximate surface area is 216 Å². The van der Waals surface area contributed by atoms with Crippen LogP contribution in [-0.4, -0.2) is 25.1 Å². The van der Waals surface area contributed by atoms with E-state index in [9.17, 15) is 32.9 Å². The highest BCUT2D eigenvalue weighted by Crippen LogP contribution is 2.40. The van der Waals surface area contributed by atoms with Crippen LogP contribution in [0, 0.1) is 10.1 Å². The van der Waals surface area contributed by atoms with Gasteiger partial charge in [-0.25, -0.2) is 4.79 Å². The van der Waals surface area contributed by atoms with Crippen LogP contribution in [0.5, 0.6) is 17.2 Å². The Morgan fingerprint density at radius 1 is 1.00 bits per heavy atom. The van der Waals surface area contributed by atoms with Gasteiger partial charge in [0.2, 0.25) is 11.2 Å². The lowest BCUT2D eigenvalue weighted by Gasteiger charge is -2.15. The van der Waals surface area contributed by atoms with E-state index in [2.05, 4.69) is 0 Å². The number of nitro benzene ring substituents is 1. The number of hydrogen-bond acceptors (Lipinski definition) is 8. The molecule has 0 unspecified atom stereocenters. The molecule has 0 saturated carbocycles. The largest absolute Gasteiger partial charge is 0.493 e. The van der Waals surface area contributed by atoms with E-state index in [1.54, 1.807) is 0 Å². The van der Waals surface area contributed by atoms with Crippen LogP contribution in [0.15, 0.2) is 63.8 Å². The zero-order valence-corrected chi connectivity index (χ0v) is 20.2. The molecule has 4 rings (SSSR count). The highest BCUT2D eigenvalue weighted by molar-refractivity contribution is 6.33. The van der Waals surface area contributed by atoms with Crippen LogP contribution in [0.2, 0.25) is 5.02 Å². The number of methoxy groups -OCH3 is 2. The summed E-state index contributed by atoms with van der Waals surface area (Å²) in [6, 6.07) is 10.1. The topological polar surface area (TPSA) is 118 Å². The maximum atomic E-state index is 14.0. The first kappa shape index (κ1) is 26.5. The SMILES string of the molecule is COc1ccc(-c2c(C(F)(F)F)oc3cc(OC(=O)c4cc([N+](=O)[O-])ccc4Cl)ccc3c2=O)cc1OC. The monoisotopic (exact) mass is 549 g/mol. The van der Waals surface area contributed by atoms with Crippen molar-refractivity contribution in [1.82, 2.24) is 0 Å². The molecule has 0 aliphatic heterocycles. The molecule has 0 bridgehead atoms. The molecule has 0 amide bonds. The lowest BCUT2D eigenvalue weighted by molar-refractivity contribution is -0.384. The number of rotatable bonds is 6. The molecule has 0 atom stereocenters. The van der Waals surface area contributed by atoms with Crippen LogP contribution in [0.25, 0.3) is 22.1 Å². The predicted molar refractivity (Wildman–Crippen MR) is 129 cm³/mol. The second-order valence-corrected chi connectivity index (χ2v) is 8.08. The minimum absolute atomic E-state index is 0.0969. The van der Waals surface area contributed by atoms with Crippen LogP contribution < -0.4 is 19.6 Å². The number of benzene rings is 3. The number of non-ortho nitro benzene ring substituents is 1. The molecule has 1 heterocycles. The van der Waals surface area contributed by atoms with Gasteiger partial charge < -0.3 is 18.6 Å². The first-order chi connectivity index (χ1) is 17.9. The van der Waals surface area contributed by atoms with Gasteiger partial charge in [-0.15, -0.1) is 0 Å². The van der Waals surface area contributed by atoms with Crippen molar-refractivity contribution in [2.45, 2.75) is 6.18 Å². The molecular formula is C25H15ClF3NO8. The van der Waals surface area contributed by atoms with Crippen LogP contribution in [0.3, 0.4) is 0 Å². The third-order valence-electron chi connectivity index (χ3n) is 5.38. The quantitative estimate of drug-likeness (QED) is 0.119. The number of esters is 1. The number of ether oxygens (including phenoxy) is 3. The highest BCUT2D eigenvalue weighted by Gasteiger charge is 2.39. The maximum absolute atomic E-state index is 14.0. The summed E-state index contributed by atoms with van der Waals surface area (Å²) in [6.45, 7) is 0. The van der Waals surface area contributed by atoms with E-state index in [0.29, 0.717) is 0 Å². The molecule has 3 aromatic carbocycles. The Morgan fingerprint density at radius 3 is 2.34 bits per heavy atom. The molecule has 4 aromatic rings. The molecule has 0 saturated heterocycles. The number of nitrogens with zero attached hydrogens (tertiary/aromatic N) is 1. The van der Waals surface area contributed by atoms with E-state index >= 15 is 0 Å². The van der Waals surface area contributed by atoms with Crippen LogP contribution >= 0.6 is 11.6 Å². The van der Waals surface area contributed by atoms with Gasteiger partial charge in [-0.1, -0.05) is 17.7 Å². The number of alkyl halides is 3. The maximum Gasteiger partial charge on any atom is 0.450 e. The zero-order valence-electron chi connectivity index (χ0n) is 19.4. The minimum atomic E-state index is -5.07. The Morgan fingerprint density at radius 2 is 1.71 bits per heavy atom. The van der Waals surface area contributed by atoms with Gasteiger partial charge in [-0.2, -0.15) is 13.2 Å². The van der Waals surface area contributed by atoms with Gasteiger partial charge in [-0.05, 0) is 35.9 Å². The standard InChI is InChI=1S/C25H15ClF3NO8/c1-35-18-8-3-12(9-20(18)36-2)21-22(31)15-6-5-14(11-19(15)38-23(21)25(27,28)29)37-24(32)16-10-13(30(33)34)4-7-17(16)26/h3-11H,1-2H3. The fourth-order valence-electron chi connectivity index (χ4n) is 3.64. The van der Waals surface area contributed by atoms with Gasteiger partial charge in [0.1, 0.15) is 11.3 Å². The third-order valence-corrected chi connectivity index (χ3v) is 5.71. The highest BCUT2D eigenvalue weighted by atomic mass is 35.5. The summed E-state index contributed by atoms with van der Waals surface area (Å²) in [5, 5.41) is 10.6. The lowest BCUT2D eigenvalue weighted by Crippen LogP contribution is -2.16. The number of nitro groups is 1. The van der Waals surface area contributed by atoms with E-state index < -0.39 is 45.1 Å². The molecule has 0 fully saturated rings. The average Bonchev–Trinajstić information content (AvgIpc) is 2.87. The third kappa shape index (κ3) is 4.98. The van der Waals surface area contributed by atoms with Gasteiger partial charge in [-0.3, -0.25) is 14.9 Å². The second-order valence-electron chi connectivity index (χ2n) is 7.67. The summed E-state index contributed by atoms with van der Waals surface area (Å²) in [4.78, 5) is 36.1. The number of hydrogen-bond donors (Lipinski definition) is 0. The molecule has 1 aromatic heterocycles. The minimum Gasteiger partial charge on any atom is -0.493 e. The van der Waals surface area contributed by atoms with E-state index in [-0.39, 0.29) is 38.8 Å². The van der Waals surface area contributed by atoms with Crippen LogP contribution in [0.1, 0.15) is 16.1 Å². The number of carbonyl (C=O) groups is 1. The zero-order chi connectivity index (χ0) is 27.8. The van der Waals surface area contributed by atoms with E-state index in [1.807, 2.05) is 0 Å². The molecule has 196 valence electrons. The molecule has 0 aliphatic carbocycles. The number of halogens is 4. The van der Waals surface area contributed by atoms with Crippen molar-refractivity contribution in [3.8, 4) is 28.4 Å². The average molecular weight is 550 g/mol. The van der Waals surface area contributed by atoms with Gasteiger partial charge in [0, 0.05) is 18.2 Å². The summed E-state index contributed by atoms with van der Waals surface area (Å²) in [6.07, 6.45) is -5.07. The summed E-state index contributed by atoms with van der Waals surface area (Å²) >= 11 is 5.94. The molecule has 9 nitrogen and oxygen atoms in total. The Kier molecular flexibility index (Phi) is 7.01. The smallest absolute Gasteiger partial charge is 0.450 e. The van der Waals surface area contributed by atoms with Crippen LogP contribution in [-0.2, 0) is 6.18 Å². The normalized spacial score (nSPS) is 11.3. The van der Waals surface area contributed by atoms with Gasteiger partial charge in [0.15, 0.2) is 11.5 Å². The van der Waals surface area contributed by atoms with Gasteiger partial charge >= 0.3 is 12.1 Å².